The Hall–Kier alpha value is -0.570. The molecule has 2 N–H and O–H groups in total. The van der Waals surface area contributed by atoms with E-state index in [0.29, 0.717) is 24.4 Å². The van der Waals surface area contributed by atoms with Crippen LogP contribution < -0.4 is 5.73 Å². The first-order valence-corrected chi connectivity index (χ1v) is 6.42. The van der Waals surface area contributed by atoms with E-state index in [9.17, 15) is 4.79 Å². The maximum atomic E-state index is 11.8. The summed E-state index contributed by atoms with van der Waals surface area (Å²) in [5.74, 6) is 0.259. The lowest BCUT2D eigenvalue weighted by Gasteiger charge is -2.38. The van der Waals surface area contributed by atoms with Crippen LogP contribution in [0.1, 0.15) is 52.4 Å². The van der Waals surface area contributed by atoms with Crippen LogP contribution in [0.5, 0.6) is 0 Å². The van der Waals surface area contributed by atoms with Gasteiger partial charge in [-0.2, -0.15) is 0 Å². The molecule has 1 aliphatic carbocycles. The molecule has 0 aliphatic heterocycles. The van der Waals surface area contributed by atoms with Gasteiger partial charge in [-0.25, -0.2) is 0 Å². The number of amides is 1. The Morgan fingerprint density at radius 1 is 1.38 bits per heavy atom. The van der Waals surface area contributed by atoms with Gasteiger partial charge in [-0.3, -0.25) is 4.79 Å². The van der Waals surface area contributed by atoms with Gasteiger partial charge >= 0.3 is 0 Å². The molecular formula is C13H26N2O. The predicted octanol–water partition coefficient (Wildman–Crippen LogP) is 2.15. The third-order valence-corrected chi connectivity index (χ3v) is 3.84. The van der Waals surface area contributed by atoms with E-state index >= 15 is 0 Å². The Morgan fingerprint density at radius 2 is 1.94 bits per heavy atom. The number of nitrogens with two attached hydrogens (primary N) is 1. The van der Waals surface area contributed by atoms with Crippen molar-refractivity contribution in [1.82, 2.24) is 4.90 Å². The van der Waals surface area contributed by atoms with Gasteiger partial charge in [0.15, 0.2) is 0 Å². The maximum absolute atomic E-state index is 11.8. The number of hydrogen-bond donors (Lipinski definition) is 1. The Balaban J connectivity index is 2.38. The van der Waals surface area contributed by atoms with Crippen LogP contribution in [-0.4, -0.2) is 30.4 Å². The summed E-state index contributed by atoms with van der Waals surface area (Å²) < 4.78 is 0. The normalized spacial score (nSPS) is 20.8. The maximum Gasteiger partial charge on any atom is 0.222 e. The molecule has 0 atom stereocenters. The van der Waals surface area contributed by atoms with Gasteiger partial charge in [-0.1, -0.05) is 13.8 Å². The second-order valence-corrected chi connectivity index (χ2v) is 5.79. The zero-order valence-corrected chi connectivity index (χ0v) is 11.0. The number of hydrogen-bond acceptors (Lipinski definition) is 2. The summed E-state index contributed by atoms with van der Waals surface area (Å²) in [6, 6.07) is 0.457. The summed E-state index contributed by atoms with van der Waals surface area (Å²) in [6.07, 6.45) is 6.17. The van der Waals surface area contributed by atoms with Gasteiger partial charge in [-0.05, 0) is 44.1 Å². The van der Waals surface area contributed by atoms with E-state index in [1.165, 1.54) is 12.8 Å². The van der Waals surface area contributed by atoms with E-state index in [1.807, 2.05) is 11.9 Å². The molecular weight excluding hydrogens is 200 g/mol. The average molecular weight is 226 g/mol. The second kappa shape index (κ2) is 5.67. The van der Waals surface area contributed by atoms with E-state index < -0.39 is 0 Å². The van der Waals surface area contributed by atoms with Gasteiger partial charge in [0.2, 0.25) is 5.91 Å². The lowest BCUT2D eigenvalue weighted by Crippen LogP contribution is -2.40. The molecule has 0 bridgehead atoms. The highest BCUT2D eigenvalue weighted by Gasteiger charge is 2.30. The van der Waals surface area contributed by atoms with Crippen molar-refractivity contribution in [3.8, 4) is 0 Å². The summed E-state index contributed by atoms with van der Waals surface area (Å²) >= 11 is 0. The third-order valence-electron chi connectivity index (χ3n) is 3.84. The molecule has 1 saturated carbocycles. The Kier molecular flexibility index (Phi) is 4.78. The van der Waals surface area contributed by atoms with Crippen molar-refractivity contribution in [3.63, 3.8) is 0 Å². The molecule has 16 heavy (non-hydrogen) atoms. The van der Waals surface area contributed by atoms with Gasteiger partial charge in [-0.15, -0.1) is 0 Å². The zero-order chi connectivity index (χ0) is 12.2. The van der Waals surface area contributed by atoms with Gasteiger partial charge in [0.1, 0.15) is 0 Å². The van der Waals surface area contributed by atoms with Crippen molar-refractivity contribution >= 4 is 5.91 Å². The first-order valence-electron chi connectivity index (χ1n) is 6.42. The number of rotatable bonds is 4. The van der Waals surface area contributed by atoms with Crippen LogP contribution in [0.3, 0.4) is 0 Å². The Morgan fingerprint density at radius 3 is 2.44 bits per heavy atom. The van der Waals surface area contributed by atoms with Crippen molar-refractivity contribution in [1.29, 1.82) is 0 Å². The van der Waals surface area contributed by atoms with Gasteiger partial charge in [0.25, 0.3) is 0 Å². The molecule has 1 fully saturated rings. The summed E-state index contributed by atoms with van der Waals surface area (Å²) in [6.45, 7) is 5.25. The molecule has 1 amide bonds. The van der Waals surface area contributed by atoms with Crippen molar-refractivity contribution in [2.24, 2.45) is 11.1 Å². The standard InChI is InChI=1S/C13H26N2O/c1-13(2)8-6-11(7-9-13)15(3)12(16)5-4-10-14/h11H,4-10,14H2,1-3H3. The van der Waals surface area contributed by atoms with Crippen molar-refractivity contribution < 1.29 is 4.79 Å². The summed E-state index contributed by atoms with van der Waals surface area (Å²) in [5, 5.41) is 0. The minimum atomic E-state index is 0.259. The van der Waals surface area contributed by atoms with Crippen LogP contribution in [0.25, 0.3) is 0 Å². The molecule has 0 radical (unpaired) electrons. The summed E-state index contributed by atoms with van der Waals surface area (Å²) in [5.41, 5.74) is 5.89. The summed E-state index contributed by atoms with van der Waals surface area (Å²) in [7, 11) is 1.95. The minimum Gasteiger partial charge on any atom is -0.343 e. The highest BCUT2D eigenvalue weighted by atomic mass is 16.2. The molecule has 0 unspecified atom stereocenters. The fourth-order valence-corrected chi connectivity index (χ4v) is 2.40. The van der Waals surface area contributed by atoms with Crippen LogP contribution in [0.15, 0.2) is 0 Å². The van der Waals surface area contributed by atoms with Crippen LogP contribution in [0, 0.1) is 5.41 Å². The molecule has 0 aromatic carbocycles. The van der Waals surface area contributed by atoms with Crippen LogP contribution in [0.2, 0.25) is 0 Å². The topological polar surface area (TPSA) is 46.3 Å². The Bertz CT molecular complexity index is 228. The first-order chi connectivity index (χ1) is 7.46. The van der Waals surface area contributed by atoms with E-state index in [4.69, 9.17) is 5.73 Å². The van der Waals surface area contributed by atoms with Gasteiger partial charge in [0.05, 0.1) is 0 Å². The smallest absolute Gasteiger partial charge is 0.222 e. The van der Waals surface area contributed by atoms with Crippen molar-refractivity contribution in [2.45, 2.75) is 58.4 Å². The first kappa shape index (κ1) is 13.5. The SMILES string of the molecule is CN(C(=O)CCCN)C1CCC(C)(C)CC1. The van der Waals surface area contributed by atoms with Crippen LogP contribution in [0.4, 0.5) is 0 Å². The predicted molar refractivity (Wildman–Crippen MR) is 67.1 cm³/mol. The Labute approximate surface area is 99.4 Å². The molecule has 3 nitrogen and oxygen atoms in total. The summed E-state index contributed by atoms with van der Waals surface area (Å²) in [4.78, 5) is 13.8. The molecule has 94 valence electrons. The lowest BCUT2D eigenvalue weighted by molar-refractivity contribution is -0.133. The van der Waals surface area contributed by atoms with Crippen LogP contribution >= 0.6 is 0 Å². The quantitative estimate of drug-likeness (QED) is 0.798. The molecule has 0 spiro atoms. The highest BCUT2D eigenvalue weighted by molar-refractivity contribution is 5.76. The van der Waals surface area contributed by atoms with Crippen LogP contribution in [-0.2, 0) is 4.79 Å². The van der Waals surface area contributed by atoms with Gasteiger partial charge < -0.3 is 10.6 Å². The fourth-order valence-electron chi connectivity index (χ4n) is 2.40. The van der Waals surface area contributed by atoms with E-state index in [1.54, 1.807) is 0 Å². The number of nitrogens with zero attached hydrogens (tertiary/aromatic N) is 1. The molecule has 0 saturated heterocycles. The fraction of sp³-hybridized carbons (Fsp3) is 0.923. The zero-order valence-electron chi connectivity index (χ0n) is 11.0. The van der Waals surface area contributed by atoms with E-state index in [0.717, 1.165) is 19.3 Å². The van der Waals surface area contributed by atoms with Gasteiger partial charge in [0, 0.05) is 19.5 Å². The molecule has 1 aliphatic rings. The number of carbonyl (C=O) groups excluding carboxylic acids is 1. The van der Waals surface area contributed by atoms with E-state index in [-0.39, 0.29) is 5.91 Å². The largest absolute Gasteiger partial charge is 0.343 e. The van der Waals surface area contributed by atoms with E-state index in [2.05, 4.69) is 13.8 Å². The highest BCUT2D eigenvalue weighted by Crippen LogP contribution is 2.36. The van der Waals surface area contributed by atoms with Crippen molar-refractivity contribution in [3.05, 3.63) is 0 Å². The number of carbonyl (C=O) groups is 1. The average Bonchev–Trinajstić information content (AvgIpc) is 2.25. The molecule has 0 aromatic rings. The monoisotopic (exact) mass is 226 g/mol. The lowest BCUT2D eigenvalue weighted by atomic mass is 9.75. The third kappa shape index (κ3) is 3.78. The minimum absolute atomic E-state index is 0.259. The molecule has 3 heteroatoms. The molecule has 1 rings (SSSR count). The second-order valence-electron chi connectivity index (χ2n) is 5.79. The molecule has 0 aromatic heterocycles. The molecule has 0 heterocycles. The van der Waals surface area contributed by atoms with Crippen molar-refractivity contribution in [2.75, 3.05) is 13.6 Å².